The number of imide groups is 1. The van der Waals surface area contributed by atoms with E-state index in [0.29, 0.717) is 5.06 Å². The summed E-state index contributed by atoms with van der Waals surface area (Å²) in [7, 11) is 0. The molecule has 0 saturated carbocycles. The number of fused-ring (bicyclic) bond motifs is 1. The van der Waals surface area contributed by atoms with Crippen LogP contribution in [-0.4, -0.2) is 22.8 Å². The second-order valence-electron chi connectivity index (χ2n) is 6.01. The van der Waals surface area contributed by atoms with Gasteiger partial charge in [0.15, 0.2) is 0 Å². The fraction of sp³-hybridized carbons (Fsp3) is 0. The van der Waals surface area contributed by atoms with Gasteiger partial charge in [-0.05, 0) is 42.0 Å². The maximum Gasteiger partial charge on any atom is 0.363 e. The van der Waals surface area contributed by atoms with Crippen molar-refractivity contribution in [2.24, 2.45) is 0 Å². The van der Waals surface area contributed by atoms with E-state index >= 15 is 0 Å². The number of nitrogens with zero attached hydrogens (tertiary/aromatic N) is 1. The monoisotopic (exact) mass is 379 g/mol. The van der Waals surface area contributed by atoms with Crippen molar-refractivity contribution < 1.29 is 28.0 Å². The molecule has 0 aliphatic carbocycles. The summed E-state index contributed by atoms with van der Waals surface area (Å²) in [6.45, 7) is 0. The molecule has 2 amide bonds. The summed E-state index contributed by atoms with van der Waals surface area (Å²) in [6.07, 6.45) is 0. The van der Waals surface area contributed by atoms with Gasteiger partial charge in [-0.15, -0.1) is 0 Å². The average molecular weight is 379 g/mol. The first-order valence-corrected chi connectivity index (χ1v) is 8.22. The molecule has 0 N–H and O–H groups in total. The zero-order valence-corrected chi connectivity index (χ0v) is 14.2. The number of benzene rings is 3. The molecule has 28 heavy (non-hydrogen) atoms. The van der Waals surface area contributed by atoms with E-state index in [1.165, 1.54) is 42.5 Å². The minimum atomic E-state index is -1.01. The summed E-state index contributed by atoms with van der Waals surface area (Å²) in [6, 6.07) is 14.9. The first-order valence-electron chi connectivity index (χ1n) is 8.22. The highest BCUT2D eigenvalue weighted by Crippen LogP contribution is 2.28. The van der Waals surface area contributed by atoms with Crippen LogP contribution in [0.5, 0.6) is 0 Å². The molecule has 0 unspecified atom stereocenters. The molecule has 0 fully saturated rings. The quantitative estimate of drug-likeness (QED) is 0.646. The normalized spacial score (nSPS) is 12.9. The van der Waals surface area contributed by atoms with E-state index in [1.807, 2.05) is 0 Å². The van der Waals surface area contributed by atoms with Gasteiger partial charge in [0.1, 0.15) is 11.6 Å². The van der Waals surface area contributed by atoms with Gasteiger partial charge in [0.2, 0.25) is 0 Å². The van der Waals surface area contributed by atoms with Crippen LogP contribution in [-0.2, 0) is 4.84 Å². The number of rotatable bonds is 3. The molecule has 3 aromatic carbocycles. The van der Waals surface area contributed by atoms with Crippen molar-refractivity contribution in [1.82, 2.24) is 5.06 Å². The van der Waals surface area contributed by atoms with E-state index in [0.717, 1.165) is 12.1 Å². The molecule has 3 aromatic rings. The van der Waals surface area contributed by atoms with Gasteiger partial charge in [0, 0.05) is 0 Å². The lowest BCUT2D eigenvalue weighted by Gasteiger charge is -2.13. The molecule has 1 aliphatic rings. The maximum absolute atomic E-state index is 14.0. The fourth-order valence-corrected chi connectivity index (χ4v) is 2.96. The highest BCUT2D eigenvalue weighted by Gasteiger charge is 2.38. The Morgan fingerprint density at radius 2 is 1.36 bits per heavy atom. The summed E-state index contributed by atoms with van der Waals surface area (Å²) < 4.78 is 28.0. The predicted octanol–water partition coefficient (Wildman–Crippen LogP) is 4.00. The maximum atomic E-state index is 14.0. The predicted molar refractivity (Wildman–Crippen MR) is 94.2 cm³/mol. The van der Waals surface area contributed by atoms with Crippen molar-refractivity contribution in [2.45, 2.75) is 0 Å². The molecular weight excluding hydrogens is 368 g/mol. The lowest BCUT2D eigenvalue weighted by Crippen LogP contribution is -2.32. The molecule has 0 bridgehead atoms. The smallest absolute Gasteiger partial charge is 0.324 e. The van der Waals surface area contributed by atoms with E-state index in [2.05, 4.69) is 0 Å². The van der Waals surface area contributed by atoms with Gasteiger partial charge in [-0.3, -0.25) is 9.59 Å². The van der Waals surface area contributed by atoms with Gasteiger partial charge >= 0.3 is 5.97 Å². The standard InChI is InChI=1S/C21H11F2NO4/c22-16-9-4-10-17(23)18(16)12-5-3-6-13(11-12)21(27)28-24-19(25)14-7-1-2-8-15(14)20(24)26/h1-11H. The fourth-order valence-electron chi connectivity index (χ4n) is 2.96. The van der Waals surface area contributed by atoms with Crippen LogP contribution in [0.4, 0.5) is 8.78 Å². The summed E-state index contributed by atoms with van der Waals surface area (Å²) in [5.74, 6) is -4.10. The molecule has 0 aromatic heterocycles. The number of hydrogen-bond acceptors (Lipinski definition) is 4. The second-order valence-corrected chi connectivity index (χ2v) is 6.01. The molecule has 1 heterocycles. The highest BCUT2D eigenvalue weighted by atomic mass is 19.1. The highest BCUT2D eigenvalue weighted by molar-refractivity contribution is 6.21. The van der Waals surface area contributed by atoms with E-state index in [4.69, 9.17) is 4.84 Å². The largest absolute Gasteiger partial charge is 0.363 e. The first kappa shape index (κ1) is 17.5. The van der Waals surface area contributed by atoms with Crippen LogP contribution in [0.15, 0.2) is 66.7 Å². The number of halogens is 2. The topological polar surface area (TPSA) is 63.7 Å². The van der Waals surface area contributed by atoms with Crippen LogP contribution >= 0.6 is 0 Å². The van der Waals surface area contributed by atoms with Crippen LogP contribution in [0.2, 0.25) is 0 Å². The third kappa shape index (κ3) is 2.83. The number of hydrogen-bond donors (Lipinski definition) is 0. The van der Waals surface area contributed by atoms with Crippen LogP contribution in [0.3, 0.4) is 0 Å². The van der Waals surface area contributed by atoms with Crippen LogP contribution in [0, 0.1) is 11.6 Å². The van der Waals surface area contributed by atoms with Gasteiger partial charge < -0.3 is 4.84 Å². The summed E-state index contributed by atoms with van der Waals surface area (Å²) >= 11 is 0. The van der Waals surface area contributed by atoms with Gasteiger partial charge in [-0.1, -0.05) is 35.4 Å². The summed E-state index contributed by atoms with van der Waals surface area (Å²) in [5.41, 5.74) is 0.00644. The number of amides is 2. The van der Waals surface area contributed by atoms with Crippen molar-refractivity contribution in [1.29, 1.82) is 0 Å². The Hall–Kier alpha value is -3.87. The molecular formula is C21H11F2NO4. The number of hydroxylamine groups is 2. The molecule has 4 rings (SSSR count). The molecule has 0 atom stereocenters. The zero-order chi connectivity index (χ0) is 19.8. The number of carbonyl (C=O) groups excluding carboxylic acids is 3. The molecule has 5 nitrogen and oxygen atoms in total. The Bertz CT molecular complexity index is 1090. The van der Waals surface area contributed by atoms with Crippen molar-refractivity contribution in [3.63, 3.8) is 0 Å². The Morgan fingerprint density at radius 1 is 0.786 bits per heavy atom. The van der Waals surface area contributed by atoms with Crippen LogP contribution in [0.25, 0.3) is 11.1 Å². The van der Waals surface area contributed by atoms with Gasteiger partial charge in [0.25, 0.3) is 11.8 Å². The minimum Gasteiger partial charge on any atom is -0.324 e. The van der Waals surface area contributed by atoms with Crippen molar-refractivity contribution in [3.05, 3.63) is 95.1 Å². The molecule has 138 valence electrons. The Morgan fingerprint density at radius 3 is 1.96 bits per heavy atom. The van der Waals surface area contributed by atoms with Crippen LogP contribution < -0.4 is 0 Å². The van der Waals surface area contributed by atoms with Crippen molar-refractivity contribution >= 4 is 17.8 Å². The summed E-state index contributed by atoms with van der Waals surface area (Å²) in [5, 5.41) is 0.378. The number of carbonyl (C=O) groups is 3. The lowest BCUT2D eigenvalue weighted by atomic mass is 10.0. The van der Waals surface area contributed by atoms with E-state index < -0.39 is 29.4 Å². The average Bonchev–Trinajstić information content (AvgIpc) is 2.93. The summed E-state index contributed by atoms with van der Waals surface area (Å²) in [4.78, 5) is 42.0. The zero-order valence-electron chi connectivity index (χ0n) is 14.2. The second kappa shape index (κ2) is 6.70. The SMILES string of the molecule is O=C(ON1C(=O)c2ccccc2C1=O)c1cccc(-c2c(F)cccc2F)c1. The molecule has 7 heteroatoms. The molecule has 0 saturated heterocycles. The minimum absolute atomic E-state index is 0.0725. The van der Waals surface area contributed by atoms with E-state index in [9.17, 15) is 23.2 Å². The Kier molecular flexibility index (Phi) is 4.19. The van der Waals surface area contributed by atoms with Crippen LogP contribution in [0.1, 0.15) is 31.1 Å². The Balaban J connectivity index is 1.62. The van der Waals surface area contributed by atoms with E-state index in [1.54, 1.807) is 12.1 Å². The van der Waals surface area contributed by atoms with Crippen molar-refractivity contribution in [3.8, 4) is 11.1 Å². The van der Waals surface area contributed by atoms with Crippen molar-refractivity contribution in [2.75, 3.05) is 0 Å². The van der Waals surface area contributed by atoms with Gasteiger partial charge in [-0.25, -0.2) is 13.6 Å². The first-order chi connectivity index (χ1) is 13.5. The Labute approximate surface area is 157 Å². The van der Waals surface area contributed by atoms with Gasteiger partial charge in [0.05, 0.1) is 22.3 Å². The third-order valence-electron chi connectivity index (χ3n) is 4.28. The lowest BCUT2D eigenvalue weighted by molar-refractivity contribution is -0.0584. The molecule has 0 radical (unpaired) electrons. The molecule has 0 spiro atoms. The van der Waals surface area contributed by atoms with E-state index in [-0.39, 0.29) is 27.8 Å². The third-order valence-corrected chi connectivity index (χ3v) is 4.28. The molecule has 1 aliphatic heterocycles. The van der Waals surface area contributed by atoms with Gasteiger partial charge in [-0.2, -0.15) is 0 Å².